The summed E-state index contributed by atoms with van der Waals surface area (Å²) in [6.07, 6.45) is 5.16. The van der Waals surface area contributed by atoms with Gasteiger partial charge in [-0.25, -0.2) is 9.97 Å². The van der Waals surface area contributed by atoms with Crippen LogP contribution in [0.5, 0.6) is 0 Å². The number of aromatic nitrogens is 2. The number of hydrogen-bond donors (Lipinski definition) is 0. The molecule has 6 nitrogen and oxygen atoms in total. The Morgan fingerprint density at radius 3 is 2.48 bits per heavy atom. The highest BCUT2D eigenvalue weighted by atomic mass is 16.2. The van der Waals surface area contributed by atoms with E-state index in [9.17, 15) is 4.79 Å². The van der Waals surface area contributed by atoms with E-state index in [4.69, 9.17) is 9.97 Å². The van der Waals surface area contributed by atoms with Crippen molar-refractivity contribution in [1.29, 1.82) is 0 Å². The van der Waals surface area contributed by atoms with Crippen molar-refractivity contribution in [3.8, 4) is 0 Å². The Bertz CT molecular complexity index is 798. The maximum atomic E-state index is 12.2. The molecule has 3 rings (SSSR count). The van der Waals surface area contributed by atoms with Gasteiger partial charge in [0.05, 0.1) is 5.69 Å². The fourth-order valence-corrected chi connectivity index (χ4v) is 5.16. The lowest BCUT2D eigenvalue weighted by molar-refractivity contribution is -0.128. The van der Waals surface area contributed by atoms with Gasteiger partial charge in [-0.2, -0.15) is 0 Å². The smallest absolute Gasteiger partial charge is 0.223 e. The second-order valence-corrected chi connectivity index (χ2v) is 11.4. The summed E-state index contributed by atoms with van der Waals surface area (Å²) < 4.78 is 0. The highest BCUT2D eigenvalue weighted by molar-refractivity contribution is 5.76. The minimum absolute atomic E-state index is 0.111. The third kappa shape index (κ3) is 5.21. The average molecular weight is 430 g/mol. The van der Waals surface area contributed by atoms with Crippen LogP contribution in [0.1, 0.15) is 77.4 Å². The first-order valence-corrected chi connectivity index (χ1v) is 12.0. The zero-order chi connectivity index (χ0) is 23.0. The molecule has 1 aliphatic heterocycles. The van der Waals surface area contributed by atoms with Crippen molar-refractivity contribution in [2.75, 3.05) is 52.2 Å². The number of carbonyl (C=O) groups excluding carboxylic acids is 1. The van der Waals surface area contributed by atoms with Crippen molar-refractivity contribution in [2.45, 2.75) is 77.6 Å². The van der Waals surface area contributed by atoms with Gasteiger partial charge in [0, 0.05) is 63.6 Å². The predicted octanol–water partition coefficient (Wildman–Crippen LogP) is 3.62. The van der Waals surface area contributed by atoms with Crippen LogP contribution >= 0.6 is 0 Å². The van der Waals surface area contributed by atoms with E-state index in [0.717, 1.165) is 37.6 Å². The molecule has 2 heterocycles. The van der Waals surface area contributed by atoms with Crippen LogP contribution in [0.4, 0.5) is 5.82 Å². The molecule has 1 aromatic heterocycles. The lowest BCUT2D eigenvalue weighted by atomic mass is 9.77. The summed E-state index contributed by atoms with van der Waals surface area (Å²) in [5.74, 6) is 2.80. The Hall–Kier alpha value is -1.69. The number of nitrogens with zero attached hydrogens (tertiary/aromatic N) is 5. The van der Waals surface area contributed by atoms with Crippen molar-refractivity contribution in [3.05, 3.63) is 17.1 Å². The molecule has 1 fully saturated rings. The van der Waals surface area contributed by atoms with Crippen LogP contribution in [0.3, 0.4) is 0 Å². The van der Waals surface area contributed by atoms with E-state index in [0.29, 0.717) is 18.9 Å². The third-order valence-electron chi connectivity index (χ3n) is 6.81. The molecule has 31 heavy (non-hydrogen) atoms. The predicted molar refractivity (Wildman–Crippen MR) is 128 cm³/mol. The highest BCUT2D eigenvalue weighted by Crippen LogP contribution is 2.47. The Morgan fingerprint density at radius 1 is 1.16 bits per heavy atom. The maximum Gasteiger partial charge on any atom is 0.223 e. The zero-order valence-electron chi connectivity index (χ0n) is 21.1. The first kappa shape index (κ1) is 24.0. The third-order valence-corrected chi connectivity index (χ3v) is 6.81. The summed E-state index contributed by atoms with van der Waals surface area (Å²) in [5.41, 5.74) is 2.65. The second-order valence-electron chi connectivity index (χ2n) is 11.4. The van der Waals surface area contributed by atoms with Gasteiger partial charge in [-0.1, -0.05) is 34.6 Å². The van der Waals surface area contributed by atoms with Crippen molar-refractivity contribution in [2.24, 2.45) is 5.92 Å². The molecule has 0 bridgehead atoms. The van der Waals surface area contributed by atoms with Crippen molar-refractivity contribution < 1.29 is 4.79 Å². The first-order valence-electron chi connectivity index (χ1n) is 12.0. The molecule has 1 aromatic rings. The molecular weight excluding hydrogens is 386 g/mol. The number of carbonyl (C=O) groups is 1. The van der Waals surface area contributed by atoms with Gasteiger partial charge >= 0.3 is 0 Å². The largest absolute Gasteiger partial charge is 0.359 e. The molecule has 1 unspecified atom stereocenters. The van der Waals surface area contributed by atoms with Gasteiger partial charge in [-0.15, -0.1) is 0 Å². The molecule has 174 valence electrons. The molecule has 1 spiro atoms. The van der Waals surface area contributed by atoms with E-state index >= 15 is 0 Å². The van der Waals surface area contributed by atoms with E-state index < -0.39 is 0 Å². The fourth-order valence-electron chi connectivity index (χ4n) is 5.16. The van der Waals surface area contributed by atoms with Gasteiger partial charge in [-0.3, -0.25) is 4.79 Å². The number of anilines is 1. The van der Waals surface area contributed by atoms with E-state index in [1.165, 1.54) is 30.6 Å². The van der Waals surface area contributed by atoms with Crippen LogP contribution in [0.25, 0.3) is 0 Å². The van der Waals surface area contributed by atoms with E-state index in [1.807, 2.05) is 14.1 Å². The van der Waals surface area contributed by atoms with Gasteiger partial charge in [-0.05, 0) is 38.1 Å². The van der Waals surface area contributed by atoms with Crippen LogP contribution in [0, 0.1) is 5.92 Å². The monoisotopic (exact) mass is 429 g/mol. The molecule has 1 amide bonds. The Balaban J connectivity index is 1.97. The summed E-state index contributed by atoms with van der Waals surface area (Å²) in [6, 6.07) is 0. The fraction of sp³-hybridized carbons (Fsp3) is 0.800. The Labute approximate surface area is 189 Å². The Morgan fingerprint density at radius 2 is 1.87 bits per heavy atom. The number of amides is 1. The molecule has 0 N–H and O–H groups in total. The van der Waals surface area contributed by atoms with Gasteiger partial charge in [0.1, 0.15) is 11.6 Å². The lowest BCUT2D eigenvalue weighted by Gasteiger charge is -2.41. The number of rotatable bonds is 6. The second kappa shape index (κ2) is 9.05. The van der Waals surface area contributed by atoms with Crippen molar-refractivity contribution >= 4 is 11.7 Å². The topological polar surface area (TPSA) is 52.6 Å². The quantitative estimate of drug-likeness (QED) is 0.691. The molecule has 1 aliphatic carbocycles. The maximum absolute atomic E-state index is 12.2. The van der Waals surface area contributed by atoms with Crippen LogP contribution < -0.4 is 4.90 Å². The molecule has 1 saturated heterocycles. The van der Waals surface area contributed by atoms with E-state index in [-0.39, 0.29) is 16.7 Å². The molecular formula is C25H43N5O. The summed E-state index contributed by atoms with van der Waals surface area (Å²) in [5, 5.41) is 0. The summed E-state index contributed by atoms with van der Waals surface area (Å²) in [6.45, 7) is 15.4. The molecule has 0 aromatic carbocycles. The number of fused-ring (bicyclic) bond motifs is 2. The molecule has 0 radical (unpaired) electrons. The van der Waals surface area contributed by atoms with Gasteiger partial charge in [0.25, 0.3) is 0 Å². The number of likely N-dealkylation sites (tertiary alicyclic amines) is 1. The van der Waals surface area contributed by atoms with Crippen LogP contribution in [0.15, 0.2) is 0 Å². The van der Waals surface area contributed by atoms with Crippen molar-refractivity contribution in [3.63, 3.8) is 0 Å². The van der Waals surface area contributed by atoms with E-state index in [2.05, 4.69) is 51.5 Å². The van der Waals surface area contributed by atoms with Crippen LogP contribution in [-0.2, 0) is 22.0 Å². The molecule has 0 saturated carbocycles. The van der Waals surface area contributed by atoms with Gasteiger partial charge < -0.3 is 14.7 Å². The average Bonchev–Trinajstić information content (AvgIpc) is 3.01. The number of hydrogen-bond acceptors (Lipinski definition) is 5. The minimum Gasteiger partial charge on any atom is -0.359 e. The lowest BCUT2D eigenvalue weighted by Crippen LogP contribution is -2.46. The van der Waals surface area contributed by atoms with Crippen LogP contribution in [0.2, 0.25) is 0 Å². The summed E-state index contributed by atoms with van der Waals surface area (Å²) in [7, 11) is 5.71. The molecule has 1 atom stereocenters. The summed E-state index contributed by atoms with van der Waals surface area (Å²) >= 11 is 0. The SMILES string of the molecule is CC(C)CN1CCCC2(CCc3c(N(C)CCC(=O)N(C)C)nc(C(C)(C)C)nc32)C1. The molecule has 6 heteroatoms. The first-order chi connectivity index (χ1) is 14.4. The van der Waals surface area contributed by atoms with Crippen LogP contribution in [-0.4, -0.2) is 73.0 Å². The zero-order valence-corrected chi connectivity index (χ0v) is 21.1. The standard InChI is InChI=1S/C25H43N5O/c1-18(2)16-30-14-9-12-25(17-30)13-10-19-21(25)26-23(24(3,4)5)27-22(19)29(8)15-11-20(31)28(6)7/h18H,9-17H2,1-8H3. The minimum atomic E-state index is -0.111. The highest BCUT2D eigenvalue weighted by Gasteiger charge is 2.45. The molecule has 2 aliphatic rings. The van der Waals surface area contributed by atoms with Gasteiger partial charge in [0.15, 0.2) is 0 Å². The van der Waals surface area contributed by atoms with E-state index in [1.54, 1.807) is 4.90 Å². The Kier molecular flexibility index (Phi) is 6.99. The van der Waals surface area contributed by atoms with Crippen molar-refractivity contribution in [1.82, 2.24) is 19.8 Å². The number of piperidine rings is 1. The normalized spacial score (nSPS) is 21.6. The summed E-state index contributed by atoms with van der Waals surface area (Å²) in [4.78, 5) is 29.0. The van der Waals surface area contributed by atoms with Gasteiger partial charge in [0.2, 0.25) is 5.91 Å².